The summed E-state index contributed by atoms with van der Waals surface area (Å²) < 4.78 is 10.6. The highest BCUT2D eigenvalue weighted by atomic mass is 16.5. The molecular weight excluding hydrogens is 232 g/mol. The second-order valence-electron chi connectivity index (χ2n) is 5.38. The van der Waals surface area contributed by atoms with Gasteiger partial charge in [0.15, 0.2) is 0 Å². The van der Waals surface area contributed by atoms with Gasteiger partial charge in [-0.05, 0) is 33.1 Å². The van der Waals surface area contributed by atoms with Crippen molar-refractivity contribution in [2.45, 2.75) is 44.8 Å². The lowest BCUT2D eigenvalue weighted by molar-refractivity contribution is -0.121. The van der Waals surface area contributed by atoms with Crippen LogP contribution in [0.5, 0.6) is 0 Å². The third kappa shape index (κ3) is 6.33. The Balaban J connectivity index is 2.10. The maximum atomic E-state index is 11.6. The standard InChI is InChI=1S/C13H26N2O3/c1-13(2)9-11(5-8-18-13)15-10-12(16)14-6-4-7-17-3/h11,15H,4-10H2,1-3H3,(H,14,16). The zero-order chi connectivity index (χ0) is 13.4. The minimum Gasteiger partial charge on any atom is -0.385 e. The smallest absolute Gasteiger partial charge is 0.233 e. The number of methoxy groups -OCH3 is 1. The van der Waals surface area contributed by atoms with Crippen molar-refractivity contribution in [3.8, 4) is 0 Å². The average Bonchev–Trinajstić information content (AvgIpc) is 2.31. The summed E-state index contributed by atoms with van der Waals surface area (Å²) in [6, 6.07) is 0.374. The fourth-order valence-electron chi connectivity index (χ4n) is 2.15. The van der Waals surface area contributed by atoms with Crippen molar-refractivity contribution in [1.29, 1.82) is 0 Å². The molecule has 1 aliphatic rings. The first-order chi connectivity index (χ1) is 8.53. The molecule has 0 radical (unpaired) electrons. The number of nitrogens with one attached hydrogen (secondary N) is 2. The van der Waals surface area contributed by atoms with Gasteiger partial charge in [-0.3, -0.25) is 4.79 Å². The molecule has 0 aromatic heterocycles. The summed E-state index contributed by atoms with van der Waals surface area (Å²) in [6.45, 7) is 6.68. The van der Waals surface area contributed by atoms with Crippen LogP contribution in [0.2, 0.25) is 0 Å². The Morgan fingerprint density at radius 2 is 2.28 bits per heavy atom. The molecule has 0 aromatic rings. The summed E-state index contributed by atoms with van der Waals surface area (Å²) in [4.78, 5) is 11.6. The van der Waals surface area contributed by atoms with Crippen molar-refractivity contribution in [1.82, 2.24) is 10.6 Å². The van der Waals surface area contributed by atoms with Crippen LogP contribution in [-0.2, 0) is 14.3 Å². The second kappa shape index (κ2) is 7.71. The molecule has 1 amide bonds. The minimum absolute atomic E-state index is 0.0513. The Bertz CT molecular complexity index is 257. The highest BCUT2D eigenvalue weighted by molar-refractivity contribution is 5.77. The van der Waals surface area contributed by atoms with Crippen LogP contribution >= 0.6 is 0 Å². The summed E-state index contributed by atoms with van der Waals surface area (Å²) >= 11 is 0. The molecule has 1 heterocycles. The van der Waals surface area contributed by atoms with Crippen LogP contribution in [0.1, 0.15) is 33.1 Å². The van der Waals surface area contributed by atoms with Crippen molar-refractivity contribution in [3.05, 3.63) is 0 Å². The molecule has 1 saturated heterocycles. The van der Waals surface area contributed by atoms with Crippen LogP contribution in [0.25, 0.3) is 0 Å². The lowest BCUT2D eigenvalue weighted by Crippen LogP contribution is -2.46. The molecule has 0 bridgehead atoms. The summed E-state index contributed by atoms with van der Waals surface area (Å²) in [6.07, 6.45) is 2.77. The lowest BCUT2D eigenvalue weighted by atomic mass is 9.94. The van der Waals surface area contributed by atoms with E-state index >= 15 is 0 Å². The van der Waals surface area contributed by atoms with E-state index in [-0.39, 0.29) is 11.5 Å². The van der Waals surface area contributed by atoms with Gasteiger partial charge in [-0.15, -0.1) is 0 Å². The maximum Gasteiger partial charge on any atom is 0.233 e. The van der Waals surface area contributed by atoms with E-state index < -0.39 is 0 Å². The van der Waals surface area contributed by atoms with E-state index in [1.807, 2.05) is 0 Å². The van der Waals surface area contributed by atoms with Gasteiger partial charge in [0, 0.05) is 32.9 Å². The van der Waals surface area contributed by atoms with Gasteiger partial charge in [-0.25, -0.2) is 0 Å². The quantitative estimate of drug-likeness (QED) is 0.660. The Labute approximate surface area is 110 Å². The number of carbonyl (C=O) groups excluding carboxylic acids is 1. The molecule has 0 aliphatic carbocycles. The number of rotatable bonds is 7. The van der Waals surface area contributed by atoms with Crippen LogP contribution < -0.4 is 10.6 Å². The number of hydrogen-bond donors (Lipinski definition) is 2. The fourth-order valence-corrected chi connectivity index (χ4v) is 2.15. The minimum atomic E-state index is -0.0785. The number of amides is 1. The SMILES string of the molecule is COCCCNC(=O)CNC1CCOC(C)(C)C1. The normalized spacial score (nSPS) is 22.7. The van der Waals surface area contributed by atoms with Gasteiger partial charge in [0.05, 0.1) is 12.1 Å². The highest BCUT2D eigenvalue weighted by Gasteiger charge is 2.28. The monoisotopic (exact) mass is 258 g/mol. The van der Waals surface area contributed by atoms with E-state index in [0.717, 1.165) is 25.9 Å². The van der Waals surface area contributed by atoms with Crippen molar-refractivity contribution in [3.63, 3.8) is 0 Å². The Hall–Kier alpha value is -0.650. The van der Waals surface area contributed by atoms with E-state index in [2.05, 4.69) is 24.5 Å². The molecule has 1 fully saturated rings. The topological polar surface area (TPSA) is 59.6 Å². The first-order valence-electron chi connectivity index (χ1n) is 6.66. The zero-order valence-electron chi connectivity index (χ0n) is 11.8. The molecule has 5 heteroatoms. The Morgan fingerprint density at radius 3 is 2.94 bits per heavy atom. The van der Waals surface area contributed by atoms with Gasteiger partial charge in [-0.1, -0.05) is 0 Å². The van der Waals surface area contributed by atoms with Crippen LogP contribution in [0.15, 0.2) is 0 Å². The predicted octanol–water partition coefficient (Wildman–Crippen LogP) is 0.686. The summed E-state index contributed by atoms with van der Waals surface area (Å²) in [5.41, 5.74) is -0.0785. The molecule has 5 nitrogen and oxygen atoms in total. The van der Waals surface area contributed by atoms with Crippen LogP contribution in [0.4, 0.5) is 0 Å². The van der Waals surface area contributed by atoms with Gasteiger partial charge < -0.3 is 20.1 Å². The summed E-state index contributed by atoms with van der Waals surface area (Å²) in [5.74, 6) is 0.0513. The highest BCUT2D eigenvalue weighted by Crippen LogP contribution is 2.23. The number of ether oxygens (including phenoxy) is 2. The van der Waals surface area contributed by atoms with Crippen molar-refractivity contribution in [2.24, 2.45) is 0 Å². The maximum absolute atomic E-state index is 11.6. The molecule has 0 saturated carbocycles. The molecule has 18 heavy (non-hydrogen) atoms. The van der Waals surface area contributed by atoms with Crippen molar-refractivity contribution < 1.29 is 14.3 Å². The van der Waals surface area contributed by atoms with Crippen LogP contribution in [0, 0.1) is 0 Å². The molecule has 1 aliphatic heterocycles. The Kier molecular flexibility index (Phi) is 6.60. The molecule has 1 atom stereocenters. The molecule has 0 spiro atoms. The van der Waals surface area contributed by atoms with Crippen molar-refractivity contribution in [2.75, 3.05) is 33.4 Å². The molecular formula is C13H26N2O3. The number of carbonyl (C=O) groups is 1. The van der Waals surface area contributed by atoms with E-state index in [4.69, 9.17) is 9.47 Å². The molecule has 1 unspecified atom stereocenters. The van der Waals surface area contributed by atoms with E-state index in [9.17, 15) is 4.79 Å². The largest absolute Gasteiger partial charge is 0.385 e. The Morgan fingerprint density at radius 1 is 1.50 bits per heavy atom. The van der Waals surface area contributed by atoms with E-state index in [1.165, 1.54) is 0 Å². The fraction of sp³-hybridized carbons (Fsp3) is 0.923. The van der Waals surface area contributed by atoms with Crippen LogP contribution in [0.3, 0.4) is 0 Å². The van der Waals surface area contributed by atoms with Gasteiger partial charge in [0.25, 0.3) is 0 Å². The third-order valence-corrected chi connectivity index (χ3v) is 3.10. The zero-order valence-corrected chi connectivity index (χ0v) is 11.8. The van der Waals surface area contributed by atoms with Gasteiger partial charge in [0.1, 0.15) is 0 Å². The van der Waals surface area contributed by atoms with Gasteiger partial charge in [0.2, 0.25) is 5.91 Å². The lowest BCUT2D eigenvalue weighted by Gasteiger charge is -2.35. The number of hydrogen-bond acceptors (Lipinski definition) is 4. The first kappa shape index (κ1) is 15.4. The van der Waals surface area contributed by atoms with E-state index in [0.29, 0.717) is 25.7 Å². The molecule has 0 aromatic carbocycles. The molecule has 1 rings (SSSR count). The second-order valence-corrected chi connectivity index (χ2v) is 5.38. The first-order valence-corrected chi connectivity index (χ1v) is 6.66. The summed E-state index contributed by atoms with van der Waals surface area (Å²) in [7, 11) is 1.66. The third-order valence-electron chi connectivity index (χ3n) is 3.10. The van der Waals surface area contributed by atoms with Gasteiger partial charge >= 0.3 is 0 Å². The molecule has 2 N–H and O–H groups in total. The average molecular weight is 258 g/mol. The van der Waals surface area contributed by atoms with Crippen molar-refractivity contribution >= 4 is 5.91 Å². The van der Waals surface area contributed by atoms with E-state index in [1.54, 1.807) is 7.11 Å². The predicted molar refractivity (Wildman–Crippen MR) is 70.6 cm³/mol. The molecule has 106 valence electrons. The van der Waals surface area contributed by atoms with Crippen LogP contribution in [-0.4, -0.2) is 51.0 Å². The van der Waals surface area contributed by atoms with Gasteiger partial charge in [-0.2, -0.15) is 0 Å². The summed E-state index contributed by atoms with van der Waals surface area (Å²) in [5, 5.41) is 6.16.